The second-order valence-electron chi connectivity index (χ2n) is 8.18. The van der Waals surface area contributed by atoms with Crippen LogP contribution in [0.2, 0.25) is 0 Å². The number of anilines is 1. The summed E-state index contributed by atoms with van der Waals surface area (Å²) in [5, 5.41) is 9.39. The van der Waals surface area contributed by atoms with Gasteiger partial charge in [-0.3, -0.25) is 14.5 Å². The molecule has 1 amide bonds. The first-order valence-electron chi connectivity index (χ1n) is 10.2. The van der Waals surface area contributed by atoms with Crippen LogP contribution in [-0.4, -0.2) is 25.0 Å². The van der Waals surface area contributed by atoms with Crippen LogP contribution in [-0.2, 0) is 11.8 Å². The van der Waals surface area contributed by atoms with Crippen molar-refractivity contribution in [3.05, 3.63) is 48.3 Å². The minimum absolute atomic E-state index is 0. The van der Waals surface area contributed by atoms with Gasteiger partial charge in [0.2, 0.25) is 5.91 Å². The molecule has 1 aromatic carbocycles. The summed E-state index contributed by atoms with van der Waals surface area (Å²) in [5.41, 5.74) is 5.52. The van der Waals surface area contributed by atoms with E-state index in [-0.39, 0.29) is 24.2 Å². The Hall–Kier alpha value is -2.77. The number of rotatable bonds is 5. The largest absolute Gasteiger partial charge is 0.316 e. The fourth-order valence-corrected chi connectivity index (χ4v) is 4.40. The highest BCUT2D eigenvalue weighted by Crippen LogP contribution is 2.42. The topological polar surface area (TPSA) is 72.7 Å². The molecule has 0 aliphatic heterocycles. The van der Waals surface area contributed by atoms with Crippen LogP contribution in [0.3, 0.4) is 0 Å². The van der Waals surface area contributed by atoms with E-state index in [2.05, 4.69) is 30.3 Å². The van der Waals surface area contributed by atoms with Crippen LogP contribution in [0.1, 0.15) is 38.3 Å². The lowest BCUT2D eigenvalue weighted by atomic mass is 10.0. The van der Waals surface area contributed by atoms with Gasteiger partial charge in [0.15, 0.2) is 0 Å². The molecule has 5 rings (SSSR count). The van der Waals surface area contributed by atoms with Crippen LogP contribution in [0, 0.1) is 5.92 Å². The summed E-state index contributed by atoms with van der Waals surface area (Å²) in [6, 6.07) is 12.2. The van der Waals surface area contributed by atoms with Crippen molar-refractivity contribution in [2.45, 2.75) is 32.6 Å². The molecule has 0 unspecified atom stereocenters. The molecular weight excluding hydrogens is 430 g/mol. The van der Waals surface area contributed by atoms with Gasteiger partial charge in [-0.15, -0.1) is 12.4 Å². The second-order valence-corrected chi connectivity index (χ2v) is 8.95. The number of fused-ring (bicyclic) bond motifs is 1. The summed E-state index contributed by atoms with van der Waals surface area (Å²) in [6.07, 6.45) is 3.93. The highest BCUT2D eigenvalue weighted by molar-refractivity contribution is 7.11. The Labute approximate surface area is 191 Å². The highest BCUT2D eigenvalue weighted by atomic mass is 35.5. The third kappa shape index (κ3) is 4.20. The fourth-order valence-electron chi connectivity index (χ4n) is 3.58. The maximum atomic E-state index is 12.5. The van der Waals surface area contributed by atoms with E-state index in [1.165, 1.54) is 11.5 Å². The molecule has 160 valence electrons. The van der Waals surface area contributed by atoms with Crippen LogP contribution in [0.5, 0.6) is 0 Å². The summed E-state index contributed by atoms with van der Waals surface area (Å²) in [7, 11) is 1.92. The number of benzene rings is 1. The molecule has 1 N–H and O–H groups in total. The predicted octanol–water partition coefficient (Wildman–Crippen LogP) is 5.65. The molecule has 0 bridgehead atoms. The fraction of sp³-hybridized carbons (Fsp3) is 0.304. The normalized spacial score (nSPS) is 13.4. The summed E-state index contributed by atoms with van der Waals surface area (Å²) in [4.78, 5) is 17.4. The molecule has 3 heterocycles. The Balaban J connectivity index is 0.00000231. The van der Waals surface area contributed by atoms with Gasteiger partial charge in [-0.1, -0.05) is 26.0 Å². The molecule has 1 aliphatic rings. The lowest BCUT2D eigenvalue weighted by Gasteiger charge is -2.10. The van der Waals surface area contributed by atoms with Gasteiger partial charge in [0.05, 0.1) is 22.5 Å². The number of nitrogens with one attached hydrogen (secondary N) is 1. The van der Waals surface area contributed by atoms with E-state index in [1.807, 2.05) is 48.3 Å². The van der Waals surface area contributed by atoms with Crippen LogP contribution < -0.4 is 5.32 Å². The molecule has 0 radical (unpaired) electrons. The number of aromatic nitrogens is 4. The molecule has 0 saturated heterocycles. The minimum Gasteiger partial charge on any atom is -0.316 e. The molecule has 8 heteroatoms. The number of aryl methyl sites for hydroxylation is 1. The molecule has 31 heavy (non-hydrogen) atoms. The third-order valence-corrected chi connectivity index (χ3v) is 6.15. The van der Waals surface area contributed by atoms with E-state index in [9.17, 15) is 4.79 Å². The van der Waals surface area contributed by atoms with E-state index in [0.717, 1.165) is 57.0 Å². The Morgan fingerprint density at radius 1 is 1.23 bits per heavy atom. The monoisotopic (exact) mass is 453 g/mol. The molecule has 1 saturated carbocycles. The first-order valence-corrected chi connectivity index (χ1v) is 11.0. The Morgan fingerprint density at radius 3 is 2.77 bits per heavy atom. The summed E-state index contributed by atoms with van der Waals surface area (Å²) < 4.78 is 6.55. The van der Waals surface area contributed by atoms with E-state index < -0.39 is 0 Å². The average molecular weight is 454 g/mol. The van der Waals surface area contributed by atoms with Crippen LogP contribution in [0.25, 0.3) is 33.4 Å². The van der Waals surface area contributed by atoms with Gasteiger partial charge in [0, 0.05) is 35.8 Å². The number of nitrogens with zero attached hydrogens (tertiary/aromatic N) is 4. The molecule has 1 aliphatic carbocycles. The molecule has 0 atom stereocenters. The van der Waals surface area contributed by atoms with E-state index in [4.69, 9.17) is 9.36 Å². The number of carbonyl (C=O) groups excluding carboxylic acids is 1. The smallest absolute Gasteiger partial charge is 0.228 e. The van der Waals surface area contributed by atoms with Gasteiger partial charge in [0.1, 0.15) is 5.00 Å². The first kappa shape index (κ1) is 21.5. The van der Waals surface area contributed by atoms with Crippen molar-refractivity contribution in [3.8, 4) is 22.5 Å². The number of hydrogen-bond acceptors (Lipinski definition) is 5. The van der Waals surface area contributed by atoms with Crippen LogP contribution >= 0.6 is 23.9 Å². The highest BCUT2D eigenvalue weighted by Gasteiger charge is 2.31. The second kappa shape index (κ2) is 8.40. The average Bonchev–Trinajstić information content (AvgIpc) is 3.40. The maximum absolute atomic E-state index is 12.5. The van der Waals surface area contributed by atoms with Crippen LogP contribution in [0.4, 0.5) is 5.00 Å². The SMILES string of the molecule is CC(C)c1cccc(-c2c(-c3ccc4nn(C)cc4c3)nsc2NC(=O)C2CC2)n1.Cl. The Kier molecular flexibility index (Phi) is 5.81. The van der Waals surface area contributed by atoms with Crippen molar-refractivity contribution in [1.82, 2.24) is 19.1 Å². The standard InChI is InChI=1S/C23H23N5OS.ClH/c1-13(2)17-5-4-6-19(24-17)20-21(27-30-23(20)25-22(29)14-7-8-14)15-9-10-18-16(11-15)12-28(3)26-18;/h4-6,9-14H,7-8H2,1-3H3,(H,25,29);1H. The quantitative estimate of drug-likeness (QED) is 0.423. The predicted molar refractivity (Wildman–Crippen MR) is 128 cm³/mol. The number of carbonyl (C=O) groups is 1. The van der Waals surface area contributed by atoms with Crippen molar-refractivity contribution < 1.29 is 4.79 Å². The number of hydrogen-bond donors (Lipinski definition) is 1. The number of amides is 1. The molecule has 6 nitrogen and oxygen atoms in total. The van der Waals surface area contributed by atoms with Gasteiger partial charge >= 0.3 is 0 Å². The van der Waals surface area contributed by atoms with E-state index in [1.54, 1.807) is 0 Å². The minimum atomic E-state index is 0. The third-order valence-electron chi connectivity index (χ3n) is 5.39. The van der Waals surface area contributed by atoms with Gasteiger partial charge < -0.3 is 5.32 Å². The Bertz CT molecular complexity index is 1260. The zero-order valence-corrected chi connectivity index (χ0v) is 19.3. The zero-order valence-electron chi connectivity index (χ0n) is 17.6. The van der Waals surface area contributed by atoms with Gasteiger partial charge in [0.25, 0.3) is 0 Å². The number of pyridine rings is 1. The lowest BCUT2D eigenvalue weighted by Crippen LogP contribution is -2.13. The van der Waals surface area contributed by atoms with Crippen molar-refractivity contribution in [1.29, 1.82) is 0 Å². The van der Waals surface area contributed by atoms with Gasteiger partial charge in [-0.25, -0.2) is 0 Å². The molecule has 3 aromatic heterocycles. The molecule has 1 fully saturated rings. The van der Waals surface area contributed by atoms with Gasteiger partial charge in [-0.2, -0.15) is 9.47 Å². The summed E-state index contributed by atoms with van der Waals surface area (Å²) >= 11 is 1.32. The van der Waals surface area contributed by atoms with Crippen LogP contribution in [0.15, 0.2) is 42.6 Å². The van der Waals surface area contributed by atoms with Crippen molar-refractivity contribution >= 4 is 45.8 Å². The van der Waals surface area contributed by atoms with Crippen molar-refractivity contribution in [2.24, 2.45) is 13.0 Å². The summed E-state index contributed by atoms with van der Waals surface area (Å²) in [5.74, 6) is 0.524. The van der Waals surface area contributed by atoms with Crippen molar-refractivity contribution in [2.75, 3.05) is 5.32 Å². The Morgan fingerprint density at radius 2 is 2.03 bits per heavy atom. The molecular formula is C23H24ClN5OS. The molecule has 0 spiro atoms. The zero-order chi connectivity index (χ0) is 20.8. The molecule has 4 aromatic rings. The van der Waals surface area contributed by atoms with Crippen molar-refractivity contribution in [3.63, 3.8) is 0 Å². The first-order chi connectivity index (χ1) is 14.5. The van der Waals surface area contributed by atoms with E-state index >= 15 is 0 Å². The summed E-state index contributed by atoms with van der Waals surface area (Å²) in [6.45, 7) is 4.26. The lowest BCUT2D eigenvalue weighted by molar-refractivity contribution is -0.117. The van der Waals surface area contributed by atoms with Gasteiger partial charge in [-0.05, 0) is 54.6 Å². The van der Waals surface area contributed by atoms with E-state index in [0.29, 0.717) is 5.92 Å². The number of halogens is 1. The maximum Gasteiger partial charge on any atom is 0.228 e.